The molecular weight excluding hydrogens is 672 g/mol. The van der Waals surface area contributed by atoms with Crippen LogP contribution in [0.3, 0.4) is 0 Å². The monoisotopic (exact) mass is 732 g/mol. The van der Waals surface area contributed by atoms with E-state index in [1.165, 1.54) is 18.2 Å². The molecule has 0 bridgehead atoms. The van der Waals surface area contributed by atoms with Gasteiger partial charge in [-0.2, -0.15) is 0 Å². The maximum Gasteiger partial charge on any atom is 0.246 e. The first-order chi connectivity index (χ1) is 24.5. The Hall–Kier alpha value is -4.32. The highest BCUT2D eigenvalue weighted by atomic mass is 16.5. The summed E-state index contributed by atoms with van der Waals surface area (Å²) in [6.45, 7) is 12.9. The van der Waals surface area contributed by atoms with Crippen molar-refractivity contribution in [2.75, 3.05) is 98.5 Å². The van der Waals surface area contributed by atoms with E-state index in [4.69, 9.17) is 48.6 Å². The van der Waals surface area contributed by atoms with Crippen LogP contribution in [-0.4, -0.2) is 152 Å². The molecule has 21 heteroatoms. The molecule has 0 fully saturated rings. The van der Waals surface area contributed by atoms with Gasteiger partial charge in [-0.15, -0.1) is 19.7 Å². The molecule has 0 aliphatic heterocycles. The Morgan fingerprint density at radius 1 is 0.471 bits per heavy atom. The lowest BCUT2D eigenvalue weighted by Gasteiger charge is -2.16. The van der Waals surface area contributed by atoms with E-state index >= 15 is 0 Å². The van der Waals surface area contributed by atoms with Gasteiger partial charge in [0.25, 0.3) is 0 Å². The lowest BCUT2D eigenvalue weighted by molar-refractivity contribution is -0.131. The van der Waals surface area contributed by atoms with E-state index in [0.29, 0.717) is 59.1 Å². The average molecular weight is 733 g/mol. The van der Waals surface area contributed by atoms with Crippen LogP contribution in [0.15, 0.2) is 38.0 Å². The average Bonchev–Trinajstić information content (AvgIpc) is 3.12. The molecule has 0 radical (unpaired) electrons. The van der Waals surface area contributed by atoms with E-state index in [-0.39, 0.29) is 57.2 Å². The molecule has 0 aromatic carbocycles. The number of nitrogens with two attached hydrogens (primary N) is 6. The van der Waals surface area contributed by atoms with Crippen LogP contribution in [0.4, 0.5) is 0 Å². The van der Waals surface area contributed by atoms with Crippen molar-refractivity contribution < 1.29 is 43.0 Å². The van der Waals surface area contributed by atoms with Gasteiger partial charge in [0.1, 0.15) is 37.9 Å². The van der Waals surface area contributed by atoms with Gasteiger partial charge in [-0.3, -0.25) is 28.8 Å². The normalized spacial score (nSPS) is 11.6. The van der Waals surface area contributed by atoms with Crippen LogP contribution >= 0.6 is 0 Å². The number of ether oxygens (including phenoxy) is 3. The Labute approximate surface area is 299 Å². The lowest BCUT2D eigenvalue weighted by atomic mass is 10.2. The van der Waals surface area contributed by atoms with Gasteiger partial charge < -0.3 is 80.5 Å². The van der Waals surface area contributed by atoms with Crippen LogP contribution in [0.1, 0.15) is 0 Å². The zero-order chi connectivity index (χ0) is 39.3. The molecule has 18 N–H and O–H groups in total. The fourth-order valence-electron chi connectivity index (χ4n) is 3.04. The number of carbonyl (C=O) groups excluding carboxylic acids is 6. The van der Waals surface area contributed by atoms with Crippen molar-refractivity contribution in [2.45, 2.75) is 18.1 Å². The summed E-state index contributed by atoms with van der Waals surface area (Å²) in [5.41, 5.74) is 31.7. The molecule has 0 saturated heterocycles. The number of carbonyl (C=O) groups is 6. The van der Waals surface area contributed by atoms with Crippen molar-refractivity contribution in [3.8, 4) is 0 Å². The van der Waals surface area contributed by atoms with Crippen molar-refractivity contribution in [1.82, 2.24) is 31.9 Å². The van der Waals surface area contributed by atoms with Gasteiger partial charge in [0.05, 0.1) is 19.8 Å². The molecule has 0 aromatic heterocycles. The van der Waals surface area contributed by atoms with Gasteiger partial charge in [-0.05, 0) is 0 Å². The van der Waals surface area contributed by atoms with E-state index < -0.39 is 35.8 Å². The first-order valence-corrected chi connectivity index (χ1v) is 15.9. The Balaban J connectivity index is -0.000000678. The Bertz CT molecular complexity index is 897. The molecule has 0 rings (SSSR count). The minimum absolute atomic E-state index is 0.0194. The zero-order valence-electron chi connectivity index (χ0n) is 29.3. The van der Waals surface area contributed by atoms with Gasteiger partial charge in [0.2, 0.25) is 35.4 Å². The highest BCUT2D eigenvalue weighted by molar-refractivity contribution is 5.89. The first kappa shape index (κ1) is 51.1. The van der Waals surface area contributed by atoms with Crippen molar-refractivity contribution in [3.63, 3.8) is 0 Å². The summed E-state index contributed by atoms with van der Waals surface area (Å²) in [4.78, 5) is 68.5. The third-order valence-corrected chi connectivity index (χ3v) is 5.41. The quantitative estimate of drug-likeness (QED) is 0.0276. The third kappa shape index (κ3) is 31.4. The second kappa shape index (κ2) is 36.9. The Morgan fingerprint density at radius 2 is 0.706 bits per heavy atom. The van der Waals surface area contributed by atoms with E-state index in [0.717, 1.165) is 0 Å². The van der Waals surface area contributed by atoms with Crippen LogP contribution in [0.25, 0.3) is 0 Å². The van der Waals surface area contributed by atoms with Crippen LogP contribution in [0.5, 0.6) is 0 Å². The van der Waals surface area contributed by atoms with Gasteiger partial charge in [-0.25, -0.2) is 0 Å². The molecule has 0 spiro atoms. The Morgan fingerprint density at radius 3 is 0.882 bits per heavy atom. The molecule has 0 heterocycles. The van der Waals surface area contributed by atoms with Crippen LogP contribution in [0.2, 0.25) is 0 Å². The summed E-state index contributed by atoms with van der Waals surface area (Å²) in [5, 5.41) is 15.0. The zero-order valence-corrected chi connectivity index (χ0v) is 29.3. The smallest absolute Gasteiger partial charge is 0.246 e. The number of hydrogen-bond acceptors (Lipinski definition) is 15. The van der Waals surface area contributed by atoms with Crippen LogP contribution < -0.4 is 66.3 Å². The highest BCUT2D eigenvalue weighted by Crippen LogP contribution is 1.86. The summed E-state index contributed by atoms with van der Waals surface area (Å²) in [6.07, 6.45) is 4.62. The number of rotatable bonds is 27. The molecule has 51 heavy (non-hydrogen) atoms. The minimum atomic E-state index is -0.760. The van der Waals surface area contributed by atoms with Gasteiger partial charge in [-0.1, -0.05) is 18.2 Å². The molecule has 3 atom stereocenters. The topological polar surface area (TPSA) is 358 Å². The molecule has 6 amide bonds. The number of hydrogen-bond donors (Lipinski definition) is 12. The van der Waals surface area contributed by atoms with E-state index in [1.54, 1.807) is 0 Å². The van der Waals surface area contributed by atoms with E-state index in [2.05, 4.69) is 51.6 Å². The molecular formula is C30H60N12O9. The molecule has 0 saturated carbocycles. The summed E-state index contributed by atoms with van der Waals surface area (Å²) < 4.78 is 14.8. The Kier molecular flexibility index (Phi) is 37.0. The van der Waals surface area contributed by atoms with Gasteiger partial charge >= 0.3 is 0 Å². The standard InChI is InChI=1S/3C10H20N4O3/c3*1-2-4-13-10(16)8(6-12)14-9(15)7-17-5-3-11/h3*2,8H,1,3-7,11-12H2,(H,13,16)(H,14,15). The molecule has 0 aliphatic rings. The predicted molar refractivity (Wildman–Crippen MR) is 192 cm³/mol. The summed E-state index contributed by atoms with van der Waals surface area (Å²) in [5.74, 6) is -2.24. The number of amides is 6. The maximum absolute atomic E-state index is 11.5. The molecule has 0 aromatic rings. The first-order valence-electron chi connectivity index (χ1n) is 15.9. The van der Waals surface area contributed by atoms with Crippen LogP contribution in [-0.2, 0) is 43.0 Å². The molecule has 21 nitrogen and oxygen atoms in total. The summed E-state index contributed by atoms with van der Waals surface area (Å²) in [7, 11) is 0. The molecule has 3 unspecified atom stereocenters. The largest absolute Gasteiger partial charge is 0.370 e. The van der Waals surface area contributed by atoms with Crippen molar-refractivity contribution in [1.29, 1.82) is 0 Å². The molecule has 294 valence electrons. The van der Waals surface area contributed by atoms with Crippen LogP contribution in [0, 0.1) is 0 Å². The second-order valence-electron chi connectivity index (χ2n) is 9.69. The van der Waals surface area contributed by atoms with Crippen molar-refractivity contribution >= 4 is 35.4 Å². The lowest BCUT2D eigenvalue weighted by Crippen LogP contribution is -2.51. The van der Waals surface area contributed by atoms with E-state index in [9.17, 15) is 28.8 Å². The summed E-state index contributed by atoms with van der Waals surface area (Å²) >= 11 is 0. The summed E-state index contributed by atoms with van der Waals surface area (Å²) in [6, 6.07) is -2.28. The predicted octanol–water partition coefficient (Wildman–Crippen LogP) is -6.88. The fourth-order valence-corrected chi connectivity index (χ4v) is 3.04. The van der Waals surface area contributed by atoms with Gasteiger partial charge in [0, 0.05) is 58.9 Å². The maximum atomic E-state index is 11.5. The van der Waals surface area contributed by atoms with E-state index in [1.807, 2.05) is 0 Å². The third-order valence-electron chi connectivity index (χ3n) is 5.41. The van der Waals surface area contributed by atoms with Gasteiger partial charge in [0.15, 0.2) is 0 Å². The highest BCUT2D eigenvalue weighted by Gasteiger charge is 2.20. The molecule has 0 aliphatic carbocycles. The van der Waals surface area contributed by atoms with Crippen molar-refractivity contribution in [3.05, 3.63) is 38.0 Å². The fraction of sp³-hybridized carbons (Fsp3) is 0.600. The van der Waals surface area contributed by atoms with Crippen molar-refractivity contribution in [2.24, 2.45) is 34.4 Å². The second-order valence-corrected chi connectivity index (χ2v) is 9.69. The SMILES string of the molecule is C=CCNC(=O)C(CN)NC(=O)COCCN.C=CCNC(=O)C(CN)NC(=O)COCCN.C=CCNC(=O)C(CN)NC(=O)COCCN. The number of nitrogens with one attached hydrogen (secondary N) is 6. The minimum Gasteiger partial charge on any atom is -0.370 e.